The van der Waals surface area contributed by atoms with Gasteiger partial charge in [-0.3, -0.25) is 0 Å². The Morgan fingerprint density at radius 1 is 1.00 bits per heavy atom. The first-order valence-electron chi connectivity index (χ1n) is 4.61. The van der Waals surface area contributed by atoms with Gasteiger partial charge in [-0.05, 0) is 5.92 Å². The minimum absolute atomic E-state index is 0.955. The zero-order valence-corrected chi connectivity index (χ0v) is 7.72. The van der Waals surface area contributed by atoms with Crippen molar-refractivity contribution in [3.63, 3.8) is 0 Å². The van der Waals surface area contributed by atoms with Crippen LogP contribution in [-0.2, 0) is 0 Å². The average molecular weight is 134 g/mol. The van der Waals surface area contributed by atoms with Gasteiger partial charge in [0.1, 0.15) is 23.5 Å². The molecule has 0 spiro atoms. The highest BCUT2D eigenvalue weighted by molar-refractivity contribution is 6.26. The molecule has 3 heteroatoms. The third kappa shape index (κ3) is 1.62. The fraction of sp³-hybridized carbons (Fsp3) is 1.00. The Balaban J connectivity index is 2.49. The van der Waals surface area contributed by atoms with Crippen LogP contribution in [0.2, 0.25) is 17.5 Å². The molecule has 0 nitrogen and oxygen atoms in total. The molecule has 54 valence electrons. The largest absolute Gasteiger partial charge is 0.104 e. The molecule has 2 unspecified atom stereocenters. The Bertz CT molecular complexity index is 103. The lowest BCUT2D eigenvalue weighted by Crippen LogP contribution is -2.21. The third-order valence-electron chi connectivity index (χ3n) is 3.34. The van der Waals surface area contributed by atoms with E-state index in [1.165, 1.54) is 12.8 Å². The van der Waals surface area contributed by atoms with Crippen molar-refractivity contribution in [1.29, 1.82) is 0 Å². The summed E-state index contributed by atoms with van der Waals surface area (Å²) < 4.78 is 0. The molecular formula is C7H17B3. The van der Waals surface area contributed by atoms with Crippen LogP contribution in [0, 0.1) is 5.92 Å². The molecule has 1 aliphatic rings. The van der Waals surface area contributed by atoms with Gasteiger partial charge in [-0.15, -0.1) is 0 Å². The van der Waals surface area contributed by atoms with Crippen LogP contribution in [0.3, 0.4) is 0 Å². The second kappa shape index (κ2) is 3.06. The average Bonchev–Trinajstić information content (AvgIpc) is 1.82. The first-order valence-corrected chi connectivity index (χ1v) is 4.61. The molecule has 0 aliphatic heterocycles. The predicted octanol–water partition coefficient (Wildman–Crippen LogP) is -0.319. The molecule has 0 heterocycles. The third-order valence-corrected chi connectivity index (χ3v) is 3.34. The summed E-state index contributed by atoms with van der Waals surface area (Å²) in [6.45, 7) is 2.39. The molecule has 1 aliphatic carbocycles. The van der Waals surface area contributed by atoms with E-state index in [4.69, 9.17) is 0 Å². The van der Waals surface area contributed by atoms with E-state index >= 15 is 0 Å². The van der Waals surface area contributed by atoms with Crippen molar-refractivity contribution >= 4 is 23.5 Å². The Hall–Kier alpha value is 0.195. The summed E-state index contributed by atoms with van der Waals surface area (Å²) in [5.41, 5.74) is 0. The van der Waals surface area contributed by atoms with E-state index < -0.39 is 0 Å². The highest BCUT2D eigenvalue weighted by atomic mass is 14.2. The predicted molar refractivity (Wildman–Crippen MR) is 55.3 cm³/mol. The number of rotatable bonds is 0. The van der Waals surface area contributed by atoms with Gasteiger partial charge in [0.25, 0.3) is 0 Å². The van der Waals surface area contributed by atoms with Crippen molar-refractivity contribution in [3.8, 4) is 0 Å². The van der Waals surface area contributed by atoms with Crippen LogP contribution < -0.4 is 0 Å². The van der Waals surface area contributed by atoms with E-state index in [1.54, 1.807) is 0 Å². The van der Waals surface area contributed by atoms with Gasteiger partial charge in [0.2, 0.25) is 0 Å². The highest BCUT2D eigenvalue weighted by Gasteiger charge is 2.26. The SMILES string of the molecule is BC1CC(C)CC(B)C1B. The lowest BCUT2D eigenvalue weighted by atomic mass is 9.49. The molecule has 0 aromatic carbocycles. The Kier molecular flexibility index (Phi) is 2.54. The Morgan fingerprint density at radius 2 is 1.40 bits per heavy atom. The number of hydrogen-bond donors (Lipinski definition) is 0. The van der Waals surface area contributed by atoms with E-state index in [1.807, 2.05) is 0 Å². The molecule has 0 N–H and O–H groups in total. The molecule has 0 bridgehead atoms. The Morgan fingerprint density at radius 3 is 1.80 bits per heavy atom. The monoisotopic (exact) mass is 134 g/mol. The van der Waals surface area contributed by atoms with Crippen LogP contribution in [0.25, 0.3) is 0 Å². The second-order valence-electron chi connectivity index (χ2n) is 4.39. The van der Waals surface area contributed by atoms with Gasteiger partial charge in [-0.2, -0.15) is 0 Å². The standard InChI is InChI=1S/C7H17B3/c1-4-2-5(8)7(10)6(9)3-4/h4-7H,2-3,8-10H2,1H3. The van der Waals surface area contributed by atoms with Crippen molar-refractivity contribution in [2.24, 2.45) is 5.92 Å². The molecule has 2 atom stereocenters. The van der Waals surface area contributed by atoms with E-state index in [-0.39, 0.29) is 0 Å². The molecule has 0 aromatic rings. The van der Waals surface area contributed by atoms with Crippen LogP contribution in [0.5, 0.6) is 0 Å². The van der Waals surface area contributed by atoms with E-state index in [0.29, 0.717) is 0 Å². The molecule has 1 rings (SSSR count). The Labute approximate surface area is 67.4 Å². The molecule has 10 heavy (non-hydrogen) atoms. The van der Waals surface area contributed by atoms with Gasteiger partial charge in [0, 0.05) is 0 Å². The van der Waals surface area contributed by atoms with E-state index in [0.717, 1.165) is 23.4 Å². The van der Waals surface area contributed by atoms with Gasteiger partial charge in [-0.25, -0.2) is 0 Å². The maximum Gasteiger partial charge on any atom is 0.104 e. The van der Waals surface area contributed by atoms with Crippen molar-refractivity contribution in [1.82, 2.24) is 0 Å². The topological polar surface area (TPSA) is 0 Å². The summed E-state index contributed by atoms with van der Waals surface area (Å²) in [6, 6.07) is 0. The van der Waals surface area contributed by atoms with Gasteiger partial charge in [0.15, 0.2) is 0 Å². The maximum absolute atomic E-state index is 2.40. The first-order chi connectivity index (χ1) is 4.61. The van der Waals surface area contributed by atoms with Gasteiger partial charge in [-0.1, -0.05) is 37.2 Å². The summed E-state index contributed by atoms with van der Waals surface area (Å²) in [7, 11) is 7.20. The summed E-state index contributed by atoms with van der Waals surface area (Å²) >= 11 is 0. The second-order valence-corrected chi connectivity index (χ2v) is 4.39. The lowest BCUT2D eigenvalue weighted by molar-refractivity contribution is 0.387. The van der Waals surface area contributed by atoms with Crippen LogP contribution in [-0.4, -0.2) is 23.5 Å². The molecule has 0 amide bonds. The van der Waals surface area contributed by atoms with E-state index in [9.17, 15) is 0 Å². The van der Waals surface area contributed by atoms with Gasteiger partial charge < -0.3 is 0 Å². The van der Waals surface area contributed by atoms with Gasteiger partial charge >= 0.3 is 0 Å². The summed E-state index contributed by atoms with van der Waals surface area (Å²) in [6.07, 6.45) is 2.90. The molecule has 0 aromatic heterocycles. The number of hydrogen-bond acceptors (Lipinski definition) is 0. The lowest BCUT2D eigenvalue weighted by Gasteiger charge is -2.36. The van der Waals surface area contributed by atoms with E-state index in [2.05, 4.69) is 30.5 Å². The minimum atomic E-state index is 0.955. The molecule has 0 radical (unpaired) electrons. The van der Waals surface area contributed by atoms with Crippen molar-refractivity contribution in [2.45, 2.75) is 37.2 Å². The van der Waals surface area contributed by atoms with Crippen LogP contribution >= 0.6 is 0 Å². The molecular weight excluding hydrogens is 117 g/mol. The molecule has 1 fully saturated rings. The molecule has 1 saturated carbocycles. The zero-order chi connectivity index (χ0) is 7.72. The summed E-state index contributed by atoms with van der Waals surface area (Å²) in [5, 5.41) is 0. The fourth-order valence-electron chi connectivity index (χ4n) is 2.36. The first kappa shape index (κ1) is 8.29. The zero-order valence-electron chi connectivity index (χ0n) is 7.72. The fourth-order valence-corrected chi connectivity index (χ4v) is 2.36. The van der Waals surface area contributed by atoms with Crippen molar-refractivity contribution in [2.75, 3.05) is 0 Å². The van der Waals surface area contributed by atoms with Crippen LogP contribution in [0.4, 0.5) is 0 Å². The normalized spacial score (nSPS) is 48.9. The van der Waals surface area contributed by atoms with Crippen LogP contribution in [0.1, 0.15) is 19.8 Å². The summed E-state index contributed by atoms with van der Waals surface area (Å²) in [5.74, 6) is 3.84. The van der Waals surface area contributed by atoms with Gasteiger partial charge in [0.05, 0.1) is 0 Å². The quantitative estimate of drug-likeness (QED) is 0.398. The van der Waals surface area contributed by atoms with Crippen molar-refractivity contribution in [3.05, 3.63) is 0 Å². The summed E-state index contributed by atoms with van der Waals surface area (Å²) in [4.78, 5) is 0. The maximum atomic E-state index is 2.40. The molecule has 0 saturated heterocycles. The highest BCUT2D eigenvalue weighted by Crippen LogP contribution is 2.43. The minimum Gasteiger partial charge on any atom is -0.0781 e. The van der Waals surface area contributed by atoms with Crippen molar-refractivity contribution < 1.29 is 0 Å². The van der Waals surface area contributed by atoms with Crippen LogP contribution in [0.15, 0.2) is 0 Å². The smallest absolute Gasteiger partial charge is 0.0781 e.